The standard InChI is InChI=1S/C32H34N8O5/c1-19(41)39-17-32(18-39)10-22(11-32)31-30-23(24-9-26-21(8-20(24)12-33)13-35-38(26)3)6-5-7-25(30)40(36-31)16-28(43)37(2)15-27(42)34-14-29(44)45-4/h5-9,13,22H,10-11,14-18H2,1-4H3,(H,34,42). The molecule has 4 aromatic rings. The summed E-state index contributed by atoms with van der Waals surface area (Å²) in [6.45, 7) is 2.44. The van der Waals surface area contributed by atoms with E-state index in [1.807, 2.05) is 42.3 Å². The van der Waals surface area contributed by atoms with E-state index in [0.717, 1.165) is 64.6 Å². The van der Waals surface area contributed by atoms with Crippen molar-refractivity contribution in [3.63, 3.8) is 0 Å². The van der Waals surface area contributed by atoms with E-state index in [1.165, 1.54) is 19.1 Å². The van der Waals surface area contributed by atoms with Gasteiger partial charge in [-0.3, -0.25) is 28.5 Å². The molecule has 0 atom stereocenters. The summed E-state index contributed by atoms with van der Waals surface area (Å²) in [6.07, 6.45) is 3.48. The number of methoxy groups -OCH3 is 1. The van der Waals surface area contributed by atoms with E-state index in [-0.39, 0.29) is 42.8 Å². The molecule has 1 N–H and O–H groups in total. The van der Waals surface area contributed by atoms with E-state index < -0.39 is 11.9 Å². The Hall–Kier alpha value is -5.25. The van der Waals surface area contributed by atoms with E-state index in [0.29, 0.717) is 5.56 Å². The van der Waals surface area contributed by atoms with Crippen LogP contribution < -0.4 is 5.32 Å². The first-order chi connectivity index (χ1) is 21.5. The Bertz CT molecular complexity index is 1900. The van der Waals surface area contributed by atoms with E-state index >= 15 is 0 Å². The number of benzene rings is 2. The Morgan fingerprint density at radius 1 is 1.16 bits per heavy atom. The minimum Gasteiger partial charge on any atom is -0.468 e. The number of aryl methyl sites for hydroxylation is 1. The van der Waals surface area contributed by atoms with Gasteiger partial charge in [0.05, 0.1) is 48.2 Å². The van der Waals surface area contributed by atoms with Crippen LogP contribution in [-0.4, -0.2) is 93.4 Å². The van der Waals surface area contributed by atoms with Crippen LogP contribution in [0.4, 0.5) is 0 Å². The first-order valence-corrected chi connectivity index (χ1v) is 14.7. The molecule has 1 spiro atoms. The topological polar surface area (TPSA) is 155 Å². The van der Waals surface area contributed by atoms with E-state index in [4.69, 9.17) is 5.10 Å². The molecule has 3 heterocycles. The summed E-state index contributed by atoms with van der Waals surface area (Å²) >= 11 is 0. The largest absolute Gasteiger partial charge is 0.468 e. The number of likely N-dealkylation sites (tertiary alicyclic amines) is 1. The molecule has 1 aliphatic heterocycles. The second kappa shape index (κ2) is 11.4. The molecule has 13 heteroatoms. The third-order valence-corrected chi connectivity index (χ3v) is 9.09. The van der Waals surface area contributed by atoms with Gasteiger partial charge in [0.2, 0.25) is 17.7 Å². The van der Waals surface area contributed by atoms with Crippen LogP contribution in [0.15, 0.2) is 36.5 Å². The average molecular weight is 611 g/mol. The van der Waals surface area contributed by atoms with Gasteiger partial charge in [0, 0.05) is 61.8 Å². The number of carbonyl (C=O) groups is 4. The van der Waals surface area contributed by atoms with Crippen molar-refractivity contribution in [1.29, 1.82) is 5.26 Å². The lowest BCUT2D eigenvalue weighted by atomic mass is 9.56. The summed E-state index contributed by atoms with van der Waals surface area (Å²) in [6, 6.07) is 11.9. The van der Waals surface area contributed by atoms with Crippen LogP contribution in [-0.2, 0) is 37.5 Å². The highest BCUT2D eigenvalue weighted by Crippen LogP contribution is 2.57. The molecule has 0 bridgehead atoms. The van der Waals surface area contributed by atoms with Crippen LogP contribution in [0.3, 0.4) is 0 Å². The van der Waals surface area contributed by atoms with E-state index in [9.17, 15) is 24.4 Å². The molecule has 6 rings (SSSR count). The summed E-state index contributed by atoms with van der Waals surface area (Å²) in [5.74, 6) is -1.21. The molecule has 1 saturated heterocycles. The molecular weight excluding hydrogens is 576 g/mol. The van der Waals surface area contributed by atoms with Gasteiger partial charge in [0.25, 0.3) is 0 Å². The average Bonchev–Trinajstić information content (AvgIpc) is 3.53. The van der Waals surface area contributed by atoms with Crippen LogP contribution in [0.1, 0.15) is 36.9 Å². The van der Waals surface area contributed by atoms with Crippen LogP contribution in [0.2, 0.25) is 0 Å². The molecule has 232 valence electrons. The highest BCUT2D eigenvalue weighted by atomic mass is 16.5. The number of aromatic nitrogens is 4. The number of amides is 3. The molecule has 13 nitrogen and oxygen atoms in total. The Morgan fingerprint density at radius 2 is 1.91 bits per heavy atom. The number of rotatable bonds is 8. The third-order valence-electron chi connectivity index (χ3n) is 9.09. The van der Waals surface area contributed by atoms with Crippen molar-refractivity contribution >= 4 is 45.5 Å². The highest BCUT2D eigenvalue weighted by molar-refractivity contribution is 6.01. The number of nitrogens with one attached hydrogen (secondary N) is 1. The normalized spacial score (nSPS) is 15.4. The molecule has 1 aliphatic carbocycles. The predicted octanol–water partition coefficient (Wildman–Crippen LogP) is 1.94. The van der Waals surface area contributed by atoms with Crippen molar-refractivity contribution in [2.45, 2.75) is 32.2 Å². The Kier molecular flexibility index (Phi) is 7.52. The number of esters is 1. The number of nitriles is 1. The number of hydrogen-bond donors (Lipinski definition) is 1. The van der Waals surface area contributed by atoms with Crippen molar-refractivity contribution in [3.8, 4) is 17.2 Å². The summed E-state index contributed by atoms with van der Waals surface area (Å²) in [4.78, 5) is 52.0. The van der Waals surface area contributed by atoms with Gasteiger partial charge in [-0.25, -0.2) is 0 Å². The van der Waals surface area contributed by atoms with Gasteiger partial charge in [0.1, 0.15) is 13.1 Å². The number of fused-ring (bicyclic) bond motifs is 2. The van der Waals surface area contributed by atoms with Crippen molar-refractivity contribution in [1.82, 2.24) is 34.7 Å². The smallest absolute Gasteiger partial charge is 0.325 e. The Labute approximate surface area is 259 Å². The first-order valence-electron chi connectivity index (χ1n) is 14.7. The summed E-state index contributed by atoms with van der Waals surface area (Å²) in [7, 11) is 4.61. The van der Waals surface area contributed by atoms with Crippen LogP contribution in [0.5, 0.6) is 0 Å². The predicted molar refractivity (Wildman–Crippen MR) is 163 cm³/mol. The van der Waals surface area contributed by atoms with Gasteiger partial charge in [-0.15, -0.1) is 0 Å². The highest BCUT2D eigenvalue weighted by Gasteiger charge is 2.54. The maximum absolute atomic E-state index is 13.3. The molecule has 2 aromatic heterocycles. The number of carbonyl (C=O) groups excluding carboxylic acids is 4. The molecule has 0 unspecified atom stereocenters. The van der Waals surface area contributed by atoms with E-state index in [1.54, 1.807) is 22.5 Å². The van der Waals surface area contributed by atoms with Crippen LogP contribution in [0.25, 0.3) is 32.9 Å². The fourth-order valence-corrected chi connectivity index (χ4v) is 6.68. The van der Waals surface area contributed by atoms with Gasteiger partial charge in [-0.2, -0.15) is 15.5 Å². The molecule has 2 aliphatic rings. The van der Waals surface area contributed by atoms with Crippen molar-refractivity contribution in [3.05, 3.63) is 47.8 Å². The zero-order valence-corrected chi connectivity index (χ0v) is 25.7. The fourth-order valence-electron chi connectivity index (χ4n) is 6.68. The second-order valence-electron chi connectivity index (χ2n) is 12.2. The quantitative estimate of drug-likeness (QED) is 0.297. The number of nitrogens with zero attached hydrogens (tertiary/aromatic N) is 7. The molecule has 2 aromatic carbocycles. The first kappa shape index (κ1) is 29.8. The lowest BCUT2D eigenvalue weighted by Gasteiger charge is -2.58. The lowest BCUT2D eigenvalue weighted by Crippen LogP contribution is -2.62. The molecule has 3 amide bonds. The SMILES string of the molecule is COC(=O)CNC(=O)CN(C)C(=O)Cn1nc(C2CC3(C2)CN(C(C)=O)C3)c2c(-c3cc4c(cnn4C)cc3C#N)cccc21. The van der Waals surface area contributed by atoms with Gasteiger partial charge in [0.15, 0.2) is 0 Å². The van der Waals surface area contributed by atoms with Crippen molar-refractivity contribution < 1.29 is 23.9 Å². The molecule has 0 radical (unpaired) electrons. The van der Waals surface area contributed by atoms with E-state index in [2.05, 4.69) is 21.2 Å². The van der Waals surface area contributed by atoms with Gasteiger partial charge < -0.3 is 19.9 Å². The zero-order chi connectivity index (χ0) is 32.0. The maximum Gasteiger partial charge on any atom is 0.325 e. The minimum atomic E-state index is -0.584. The lowest BCUT2D eigenvalue weighted by molar-refractivity contribution is -0.149. The molecule has 45 heavy (non-hydrogen) atoms. The summed E-state index contributed by atoms with van der Waals surface area (Å²) in [5, 5.41) is 23.7. The molecule has 2 fully saturated rings. The van der Waals surface area contributed by atoms with Crippen molar-refractivity contribution in [2.75, 3.05) is 40.3 Å². The maximum atomic E-state index is 13.3. The Morgan fingerprint density at radius 3 is 2.60 bits per heavy atom. The van der Waals surface area contributed by atoms with Crippen LogP contribution in [0, 0.1) is 16.7 Å². The fraction of sp³-hybridized carbons (Fsp3) is 0.406. The Balaban J connectivity index is 1.35. The summed E-state index contributed by atoms with van der Waals surface area (Å²) in [5.41, 5.74) is 4.68. The summed E-state index contributed by atoms with van der Waals surface area (Å²) < 4.78 is 7.98. The number of ether oxygens (including phenoxy) is 1. The van der Waals surface area contributed by atoms with Gasteiger partial charge in [-0.1, -0.05) is 12.1 Å². The number of likely N-dealkylation sites (N-methyl/N-ethyl adjacent to an activating group) is 1. The monoisotopic (exact) mass is 610 g/mol. The third kappa shape index (κ3) is 5.37. The van der Waals surface area contributed by atoms with Gasteiger partial charge >= 0.3 is 5.97 Å². The van der Waals surface area contributed by atoms with Gasteiger partial charge in [-0.05, 0) is 36.6 Å². The minimum absolute atomic E-state index is 0.0808. The molecule has 1 saturated carbocycles. The van der Waals surface area contributed by atoms with Crippen LogP contribution >= 0.6 is 0 Å². The number of hydrogen-bond acceptors (Lipinski definition) is 8. The zero-order valence-electron chi connectivity index (χ0n) is 25.7. The molecular formula is C32H34N8O5. The van der Waals surface area contributed by atoms with Crippen molar-refractivity contribution in [2.24, 2.45) is 12.5 Å². The second-order valence-corrected chi connectivity index (χ2v) is 12.2.